The Morgan fingerprint density at radius 1 is 0.860 bits per heavy atom. The summed E-state index contributed by atoms with van der Waals surface area (Å²) in [4.78, 5) is 43.8. The molecule has 3 aliphatic rings. The van der Waals surface area contributed by atoms with Crippen LogP contribution in [0.25, 0.3) is 11.1 Å². The summed E-state index contributed by atoms with van der Waals surface area (Å²) >= 11 is 0. The first-order valence-electron chi connectivity index (χ1n) is 13.6. The van der Waals surface area contributed by atoms with Gasteiger partial charge in [-0.25, -0.2) is 0 Å². The van der Waals surface area contributed by atoms with Gasteiger partial charge in [-0.1, -0.05) is 44.6 Å². The number of allylic oxidation sites excluding steroid dienone is 3. The summed E-state index contributed by atoms with van der Waals surface area (Å²) in [6.45, 7) is 6.51. The lowest BCUT2D eigenvalue weighted by Gasteiger charge is -2.56. The van der Waals surface area contributed by atoms with Crippen molar-refractivity contribution in [2.75, 3.05) is 0 Å². The Morgan fingerprint density at radius 2 is 1.42 bits per heavy atom. The van der Waals surface area contributed by atoms with Crippen molar-refractivity contribution in [3.05, 3.63) is 81.9 Å². The van der Waals surface area contributed by atoms with E-state index in [9.17, 15) is 45.2 Å². The van der Waals surface area contributed by atoms with Crippen LogP contribution in [0.2, 0.25) is 0 Å². The average Bonchev–Trinajstić information content (AvgIpc) is 2.99. The van der Waals surface area contributed by atoms with E-state index < -0.39 is 68.4 Å². The average molecular weight is 595 g/mol. The number of hydroxylamine groups is 6. The van der Waals surface area contributed by atoms with Crippen LogP contribution in [0.4, 0.5) is 0 Å². The first kappa shape index (κ1) is 29.6. The van der Waals surface area contributed by atoms with Crippen molar-refractivity contribution in [1.29, 1.82) is 0 Å². The van der Waals surface area contributed by atoms with Crippen molar-refractivity contribution in [3.8, 4) is 17.2 Å². The number of aromatic hydroxyl groups is 1. The number of aliphatic hydroxyl groups excluding tert-OH is 3. The maximum Gasteiger partial charge on any atom is 0.374 e. The van der Waals surface area contributed by atoms with Crippen LogP contribution in [0.1, 0.15) is 51.7 Å². The smallest absolute Gasteiger partial charge is 0.374 e. The number of fused-ring (bicyclic) bond motifs is 2. The number of carbonyl (C=O) groups excluding carboxylic acids is 3. The minimum absolute atomic E-state index is 0.0791. The molecule has 1 amide bonds. The van der Waals surface area contributed by atoms with E-state index in [4.69, 9.17) is 9.57 Å². The molecule has 0 unspecified atom stereocenters. The van der Waals surface area contributed by atoms with E-state index in [0.717, 1.165) is 6.07 Å². The molecule has 2 aliphatic heterocycles. The van der Waals surface area contributed by atoms with E-state index in [2.05, 4.69) is 0 Å². The second-order valence-electron chi connectivity index (χ2n) is 10.7. The number of hydrogen-bond acceptors (Lipinski definition) is 11. The van der Waals surface area contributed by atoms with Crippen LogP contribution in [0.5, 0.6) is 17.2 Å². The minimum Gasteiger partial charge on any atom is -0.578 e. The summed E-state index contributed by atoms with van der Waals surface area (Å²) in [6, 6.07) is 8.61. The highest BCUT2D eigenvalue weighted by atomic mass is 17.0. The molecule has 5 rings (SSSR count). The molecule has 0 saturated carbocycles. The molecule has 0 radical (unpaired) electrons. The van der Waals surface area contributed by atoms with E-state index in [0.29, 0.717) is 6.42 Å². The van der Waals surface area contributed by atoms with Gasteiger partial charge in [0.2, 0.25) is 17.3 Å². The number of ether oxygens (including phenoxy) is 1. The fourth-order valence-electron chi connectivity index (χ4n) is 5.47. The van der Waals surface area contributed by atoms with Gasteiger partial charge in [-0.3, -0.25) is 24.4 Å². The van der Waals surface area contributed by atoms with Crippen molar-refractivity contribution < 1.29 is 54.4 Å². The van der Waals surface area contributed by atoms with Gasteiger partial charge in [-0.2, -0.15) is 5.06 Å². The maximum absolute atomic E-state index is 14.4. The van der Waals surface area contributed by atoms with Gasteiger partial charge in [0.25, 0.3) is 0 Å². The van der Waals surface area contributed by atoms with Gasteiger partial charge < -0.3 is 30.4 Å². The SMILES string of the molecule is CC[C@H](C)C1=C(O)[N@+]2([O-])Oc3ccc(C4=C(O)C(=O)C(c5ccc(O)cc5)=C(O)C4=O)cc3O[C@]2([C@@H](C)CC)C(=O)N1O. The summed E-state index contributed by atoms with van der Waals surface area (Å²) in [6.07, 6.45) is 0.533. The first-order chi connectivity index (χ1) is 20.2. The van der Waals surface area contributed by atoms with Crippen molar-refractivity contribution in [2.45, 2.75) is 46.3 Å². The lowest BCUT2D eigenvalue weighted by Crippen LogP contribution is -2.78. The molecule has 2 aromatic rings. The molecule has 4 atom stereocenters. The molecule has 2 heterocycles. The van der Waals surface area contributed by atoms with Crippen molar-refractivity contribution in [1.82, 2.24) is 5.06 Å². The van der Waals surface area contributed by atoms with E-state index in [1.54, 1.807) is 20.8 Å². The maximum atomic E-state index is 14.4. The van der Waals surface area contributed by atoms with Gasteiger partial charge in [0.05, 0.1) is 17.1 Å². The standard InChI is InChI=1S/C30H30N2O11/c1-5-14(3)23-28(38)32(41)30(15(4)6-2,29(39)31(23)40)42-20-13-17(9-12-19(20)43-32)22-26(36)24(34)21(25(35)27(22)37)16-7-10-18(33)11-8-16/h7-15,33-34,37-38,40H,5-6H2,1-4H3/t14-,15-,30+,32-/m0/s1. The third kappa shape index (κ3) is 4.00. The molecule has 0 saturated heterocycles. The van der Waals surface area contributed by atoms with Gasteiger partial charge in [-0.15, -0.1) is 0 Å². The van der Waals surface area contributed by atoms with Crippen LogP contribution in [0.15, 0.2) is 65.6 Å². The minimum atomic E-state index is -2.56. The molecule has 0 bridgehead atoms. The Morgan fingerprint density at radius 3 is 1.98 bits per heavy atom. The third-order valence-electron chi connectivity index (χ3n) is 8.27. The van der Waals surface area contributed by atoms with Crippen LogP contribution < -0.4 is 9.57 Å². The Kier molecular flexibility index (Phi) is 7.00. The zero-order valence-corrected chi connectivity index (χ0v) is 23.7. The summed E-state index contributed by atoms with van der Waals surface area (Å²) in [5.41, 5.74) is -3.99. The monoisotopic (exact) mass is 594 g/mol. The van der Waals surface area contributed by atoms with E-state index in [-0.39, 0.29) is 45.6 Å². The molecule has 43 heavy (non-hydrogen) atoms. The van der Waals surface area contributed by atoms with Gasteiger partial charge in [0, 0.05) is 5.92 Å². The quantitative estimate of drug-likeness (QED) is 0.136. The highest BCUT2D eigenvalue weighted by Crippen LogP contribution is 2.52. The number of Topliss-reactive ketones (excluding diaryl/α,β-unsaturated/α-hetero) is 2. The van der Waals surface area contributed by atoms with Crippen LogP contribution in [0.3, 0.4) is 0 Å². The fraction of sp³-hybridized carbons (Fsp3) is 0.300. The molecule has 0 aromatic heterocycles. The Bertz CT molecular complexity index is 1660. The lowest BCUT2D eigenvalue weighted by atomic mass is 9.86. The van der Waals surface area contributed by atoms with Gasteiger partial charge in [-0.05, 0) is 54.3 Å². The molecule has 1 aliphatic carbocycles. The molecule has 2 aromatic carbocycles. The van der Waals surface area contributed by atoms with Crippen LogP contribution in [-0.2, 0) is 14.4 Å². The Balaban J connectivity index is 1.64. The highest BCUT2D eigenvalue weighted by Gasteiger charge is 2.72. The molecular formula is C30H30N2O11. The molecule has 226 valence electrons. The first-order valence-corrected chi connectivity index (χ1v) is 13.6. The summed E-state index contributed by atoms with van der Waals surface area (Å²) in [5, 5.41) is 67.7. The fourth-order valence-corrected chi connectivity index (χ4v) is 5.47. The Labute approximate surface area is 245 Å². The molecule has 5 N–H and O–H groups in total. The van der Waals surface area contributed by atoms with Gasteiger partial charge >= 0.3 is 17.5 Å². The van der Waals surface area contributed by atoms with Crippen molar-refractivity contribution in [3.63, 3.8) is 0 Å². The number of rotatable bonds is 6. The van der Waals surface area contributed by atoms with Crippen molar-refractivity contribution >= 4 is 28.6 Å². The van der Waals surface area contributed by atoms with Crippen LogP contribution in [0, 0.1) is 17.0 Å². The van der Waals surface area contributed by atoms with E-state index in [1.807, 2.05) is 0 Å². The molecule has 13 heteroatoms. The second kappa shape index (κ2) is 10.2. The number of nitrogens with zero attached hydrogens (tertiary/aromatic N) is 2. The summed E-state index contributed by atoms with van der Waals surface area (Å²) < 4.78 is 6.04. The lowest BCUT2D eigenvalue weighted by molar-refractivity contribution is -1.08. The second-order valence-corrected chi connectivity index (χ2v) is 10.7. The highest BCUT2D eigenvalue weighted by molar-refractivity contribution is 6.46. The summed E-state index contributed by atoms with van der Waals surface area (Å²) in [5.74, 6) is -8.45. The number of ketones is 2. The molecule has 0 spiro atoms. The van der Waals surface area contributed by atoms with Crippen LogP contribution >= 0.6 is 0 Å². The van der Waals surface area contributed by atoms with Gasteiger partial charge in [0.1, 0.15) is 5.75 Å². The largest absolute Gasteiger partial charge is 0.578 e. The predicted octanol–water partition coefficient (Wildman–Crippen LogP) is 4.53. The number of hydrogen-bond donors (Lipinski definition) is 5. The predicted molar refractivity (Wildman–Crippen MR) is 148 cm³/mol. The van der Waals surface area contributed by atoms with E-state index >= 15 is 0 Å². The number of aliphatic hydroxyl groups is 3. The zero-order valence-electron chi connectivity index (χ0n) is 23.7. The number of phenols is 1. The van der Waals surface area contributed by atoms with Gasteiger partial charge in [0.15, 0.2) is 23.0 Å². The number of benzene rings is 2. The topological polar surface area (TPSA) is 197 Å². The van der Waals surface area contributed by atoms with E-state index in [1.165, 1.54) is 43.3 Å². The number of phenolic OH excluding ortho intramolecular Hbond substituents is 1. The normalized spacial score (nSPS) is 25.3. The van der Waals surface area contributed by atoms with Crippen LogP contribution in [-0.4, -0.2) is 58.7 Å². The Hall–Kier alpha value is -4.85. The molecule has 13 nitrogen and oxygen atoms in total. The third-order valence-corrected chi connectivity index (χ3v) is 8.27. The summed E-state index contributed by atoms with van der Waals surface area (Å²) in [7, 11) is 0. The number of amides is 1. The van der Waals surface area contributed by atoms with Crippen molar-refractivity contribution in [2.24, 2.45) is 11.8 Å². The number of quaternary nitrogens is 1. The zero-order chi connectivity index (χ0) is 31.6. The number of carbonyl (C=O) groups is 3. The molecular weight excluding hydrogens is 564 g/mol. The molecule has 0 fully saturated rings.